The molecule has 2 fully saturated rings. The minimum Gasteiger partial charge on any atom is -0.469 e. The van der Waals surface area contributed by atoms with Crippen LogP contribution in [0.5, 0.6) is 0 Å². The molecule has 18 heavy (non-hydrogen) atoms. The van der Waals surface area contributed by atoms with E-state index in [1.54, 1.807) is 0 Å². The quantitative estimate of drug-likeness (QED) is 0.783. The van der Waals surface area contributed by atoms with Crippen LogP contribution >= 0.6 is 0 Å². The fourth-order valence-corrected chi connectivity index (χ4v) is 4.39. The van der Waals surface area contributed by atoms with Gasteiger partial charge in [0.1, 0.15) is 0 Å². The molecule has 2 aliphatic carbocycles. The Morgan fingerprint density at radius 1 is 1.44 bits per heavy atom. The summed E-state index contributed by atoms with van der Waals surface area (Å²) in [6.07, 6.45) is 4.49. The van der Waals surface area contributed by atoms with Crippen LogP contribution in [0, 0.1) is 16.7 Å². The predicted octanol–water partition coefficient (Wildman–Crippen LogP) is 2.74. The van der Waals surface area contributed by atoms with Crippen molar-refractivity contribution in [3.8, 4) is 0 Å². The second-order valence-corrected chi connectivity index (χ2v) is 7.20. The zero-order valence-electron chi connectivity index (χ0n) is 12.4. The molecule has 3 heteroatoms. The van der Waals surface area contributed by atoms with E-state index in [4.69, 9.17) is 4.74 Å². The Kier molecular flexibility index (Phi) is 3.48. The summed E-state index contributed by atoms with van der Waals surface area (Å²) < 4.78 is 4.75. The van der Waals surface area contributed by atoms with Crippen molar-refractivity contribution in [2.24, 2.45) is 16.7 Å². The molecule has 2 aliphatic rings. The first-order chi connectivity index (χ1) is 8.29. The zero-order chi connectivity index (χ0) is 13.6. The highest BCUT2D eigenvalue weighted by Gasteiger charge is 2.59. The van der Waals surface area contributed by atoms with Crippen LogP contribution in [0.25, 0.3) is 0 Å². The smallest absolute Gasteiger partial charge is 0.307 e. The summed E-state index contributed by atoms with van der Waals surface area (Å²) >= 11 is 0. The highest BCUT2D eigenvalue weighted by Crippen LogP contribution is 2.62. The molecule has 0 heterocycles. The molecule has 0 aliphatic heterocycles. The molecular formula is C15H27NO2. The van der Waals surface area contributed by atoms with Crippen LogP contribution in [0.3, 0.4) is 0 Å². The number of fused-ring (bicyclic) bond motifs is 2. The molecule has 0 radical (unpaired) electrons. The number of esters is 1. The molecule has 3 nitrogen and oxygen atoms in total. The van der Waals surface area contributed by atoms with E-state index in [-0.39, 0.29) is 12.0 Å². The second kappa shape index (κ2) is 4.52. The number of methoxy groups -OCH3 is 1. The minimum atomic E-state index is -0.124. The van der Waals surface area contributed by atoms with Gasteiger partial charge in [0.05, 0.1) is 13.5 Å². The van der Waals surface area contributed by atoms with Gasteiger partial charge in [0, 0.05) is 12.1 Å². The van der Waals surface area contributed by atoms with Crippen molar-refractivity contribution in [1.29, 1.82) is 0 Å². The lowest BCUT2D eigenvalue weighted by Crippen LogP contribution is -2.53. The number of hydrogen-bond acceptors (Lipinski definition) is 3. The first kappa shape index (κ1) is 13.9. The summed E-state index contributed by atoms with van der Waals surface area (Å²) in [6.45, 7) is 9.25. The van der Waals surface area contributed by atoms with Gasteiger partial charge in [0.2, 0.25) is 0 Å². The van der Waals surface area contributed by atoms with Crippen molar-refractivity contribution in [1.82, 2.24) is 5.32 Å². The summed E-state index contributed by atoms with van der Waals surface area (Å²) in [5.74, 6) is 0.714. The number of ether oxygens (including phenoxy) is 1. The molecule has 0 spiro atoms. The summed E-state index contributed by atoms with van der Waals surface area (Å²) in [6, 6.07) is 0.710. The molecule has 4 unspecified atom stereocenters. The first-order valence-corrected chi connectivity index (χ1v) is 7.12. The standard InChI is InChI=1S/C15H27NO2/c1-10(8-12(17)18-5)16-13-14(2,3)11-6-7-15(13,4)9-11/h10-11,13,16H,6-9H2,1-5H3. The summed E-state index contributed by atoms with van der Waals surface area (Å²) in [4.78, 5) is 11.3. The van der Waals surface area contributed by atoms with E-state index in [1.807, 2.05) is 0 Å². The topological polar surface area (TPSA) is 38.3 Å². The fourth-order valence-electron chi connectivity index (χ4n) is 4.39. The van der Waals surface area contributed by atoms with Crippen LogP contribution in [0.1, 0.15) is 53.4 Å². The van der Waals surface area contributed by atoms with E-state index in [1.165, 1.54) is 26.4 Å². The lowest BCUT2D eigenvalue weighted by Gasteiger charge is -2.44. The van der Waals surface area contributed by atoms with Gasteiger partial charge < -0.3 is 10.1 Å². The normalized spacial score (nSPS) is 38.7. The molecule has 0 aromatic heterocycles. The number of carbonyl (C=O) groups excluding carboxylic acids is 1. The van der Waals surface area contributed by atoms with Gasteiger partial charge in [-0.3, -0.25) is 4.79 Å². The molecule has 2 saturated carbocycles. The van der Waals surface area contributed by atoms with Crippen LogP contribution < -0.4 is 5.32 Å². The lowest BCUT2D eigenvalue weighted by molar-refractivity contribution is -0.141. The van der Waals surface area contributed by atoms with Gasteiger partial charge in [0.25, 0.3) is 0 Å². The predicted molar refractivity (Wildman–Crippen MR) is 72.2 cm³/mol. The third-order valence-electron chi connectivity index (χ3n) is 5.42. The largest absolute Gasteiger partial charge is 0.469 e. The van der Waals surface area contributed by atoms with E-state index < -0.39 is 0 Å². The number of nitrogens with one attached hydrogen (secondary N) is 1. The lowest BCUT2D eigenvalue weighted by atomic mass is 9.68. The second-order valence-electron chi connectivity index (χ2n) is 7.20. The van der Waals surface area contributed by atoms with Crippen LogP contribution in [-0.2, 0) is 9.53 Å². The average molecular weight is 253 g/mol. The third-order valence-corrected chi connectivity index (χ3v) is 5.42. The maximum atomic E-state index is 11.3. The number of carbonyl (C=O) groups is 1. The van der Waals surface area contributed by atoms with Gasteiger partial charge in [0.15, 0.2) is 0 Å². The maximum absolute atomic E-state index is 11.3. The van der Waals surface area contributed by atoms with Gasteiger partial charge in [-0.15, -0.1) is 0 Å². The Hall–Kier alpha value is -0.570. The molecule has 0 amide bonds. The Morgan fingerprint density at radius 3 is 2.61 bits per heavy atom. The van der Waals surface area contributed by atoms with Crippen molar-refractivity contribution in [2.75, 3.05) is 7.11 Å². The Balaban J connectivity index is 2.02. The molecular weight excluding hydrogens is 226 g/mol. The molecule has 0 saturated heterocycles. The molecule has 0 aromatic rings. The van der Waals surface area contributed by atoms with Crippen molar-refractivity contribution in [3.63, 3.8) is 0 Å². The van der Waals surface area contributed by atoms with Gasteiger partial charge in [-0.25, -0.2) is 0 Å². The van der Waals surface area contributed by atoms with Gasteiger partial charge in [-0.05, 0) is 42.9 Å². The number of rotatable bonds is 4. The van der Waals surface area contributed by atoms with Crippen LogP contribution in [0.2, 0.25) is 0 Å². The molecule has 2 rings (SSSR count). The Morgan fingerprint density at radius 2 is 2.11 bits per heavy atom. The molecule has 0 aromatic carbocycles. The van der Waals surface area contributed by atoms with Crippen molar-refractivity contribution >= 4 is 5.97 Å². The van der Waals surface area contributed by atoms with E-state index >= 15 is 0 Å². The summed E-state index contributed by atoms with van der Waals surface area (Å²) in [7, 11) is 1.46. The van der Waals surface area contributed by atoms with Crippen molar-refractivity contribution in [3.05, 3.63) is 0 Å². The van der Waals surface area contributed by atoms with Crippen molar-refractivity contribution < 1.29 is 9.53 Å². The molecule has 104 valence electrons. The van der Waals surface area contributed by atoms with Crippen LogP contribution in [0.15, 0.2) is 0 Å². The van der Waals surface area contributed by atoms with Crippen molar-refractivity contribution in [2.45, 2.75) is 65.5 Å². The van der Waals surface area contributed by atoms with Gasteiger partial charge in [-0.2, -0.15) is 0 Å². The highest BCUT2D eigenvalue weighted by atomic mass is 16.5. The highest BCUT2D eigenvalue weighted by molar-refractivity contribution is 5.69. The maximum Gasteiger partial charge on any atom is 0.307 e. The molecule has 1 N–H and O–H groups in total. The van der Waals surface area contributed by atoms with Crippen LogP contribution in [0.4, 0.5) is 0 Å². The number of hydrogen-bond donors (Lipinski definition) is 1. The molecule has 2 bridgehead atoms. The Bertz CT molecular complexity index is 335. The van der Waals surface area contributed by atoms with Crippen LogP contribution in [-0.4, -0.2) is 25.2 Å². The third kappa shape index (κ3) is 2.18. The monoisotopic (exact) mass is 253 g/mol. The summed E-state index contributed by atoms with van der Waals surface area (Å²) in [5, 5.41) is 3.71. The van der Waals surface area contributed by atoms with Gasteiger partial charge in [-0.1, -0.05) is 20.8 Å². The van der Waals surface area contributed by atoms with E-state index in [2.05, 4.69) is 33.0 Å². The average Bonchev–Trinajstić information content (AvgIpc) is 2.75. The summed E-state index contributed by atoms with van der Waals surface area (Å²) in [5.41, 5.74) is 0.760. The molecule has 4 atom stereocenters. The van der Waals surface area contributed by atoms with E-state index in [0.29, 0.717) is 23.3 Å². The first-order valence-electron chi connectivity index (χ1n) is 7.12. The van der Waals surface area contributed by atoms with Gasteiger partial charge >= 0.3 is 5.97 Å². The fraction of sp³-hybridized carbons (Fsp3) is 0.933. The van der Waals surface area contributed by atoms with E-state index in [0.717, 1.165) is 5.92 Å². The zero-order valence-corrected chi connectivity index (χ0v) is 12.4. The SMILES string of the molecule is COC(=O)CC(C)NC1C2(C)CCC(C2)C1(C)C. The Labute approximate surface area is 111 Å². The minimum absolute atomic E-state index is 0.124. The van der Waals surface area contributed by atoms with E-state index in [9.17, 15) is 4.79 Å².